The van der Waals surface area contributed by atoms with Crippen LogP contribution in [0.5, 0.6) is 0 Å². The number of anilines is 1. The van der Waals surface area contributed by atoms with Crippen LogP contribution in [0, 0.1) is 5.82 Å². The summed E-state index contributed by atoms with van der Waals surface area (Å²) in [6.07, 6.45) is 3.52. The van der Waals surface area contributed by atoms with Gasteiger partial charge in [-0.25, -0.2) is 9.37 Å². The molecule has 0 radical (unpaired) electrons. The van der Waals surface area contributed by atoms with Gasteiger partial charge in [-0.15, -0.1) is 0 Å². The van der Waals surface area contributed by atoms with E-state index in [1.165, 1.54) is 6.20 Å². The van der Waals surface area contributed by atoms with Crippen molar-refractivity contribution in [2.24, 2.45) is 0 Å². The molecule has 114 valence electrons. The van der Waals surface area contributed by atoms with Gasteiger partial charge in [0.2, 0.25) is 0 Å². The zero-order chi connectivity index (χ0) is 15.3. The quantitative estimate of drug-likeness (QED) is 0.861. The molecule has 0 aliphatic rings. The Balaban J connectivity index is 2.94. The Morgan fingerprint density at radius 1 is 1.40 bits per heavy atom. The third-order valence-corrected chi connectivity index (χ3v) is 3.42. The molecule has 1 heterocycles. The largest absolute Gasteiger partial charge is 0.357 e. The summed E-state index contributed by atoms with van der Waals surface area (Å²) in [6, 6.07) is 1.97. The molecule has 0 saturated heterocycles. The molecular formula is C16H28FN3. The first-order valence-corrected chi connectivity index (χ1v) is 7.37. The van der Waals surface area contributed by atoms with E-state index in [-0.39, 0.29) is 11.4 Å². The van der Waals surface area contributed by atoms with Crippen molar-refractivity contribution in [1.82, 2.24) is 10.3 Å². The first kappa shape index (κ1) is 16.9. The predicted octanol–water partition coefficient (Wildman–Crippen LogP) is 3.73. The van der Waals surface area contributed by atoms with Crippen LogP contribution in [0.4, 0.5) is 10.2 Å². The highest BCUT2D eigenvalue weighted by atomic mass is 19.1. The van der Waals surface area contributed by atoms with Crippen molar-refractivity contribution in [2.45, 2.75) is 65.6 Å². The van der Waals surface area contributed by atoms with Crippen molar-refractivity contribution >= 4 is 5.82 Å². The van der Waals surface area contributed by atoms with Gasteiger partial charge in [-0.3, -0.25) is 0 Å². The highest BCUT2D eigenvalue weighted by Crippen LogP contribution is 2.21. The molecule has 0 spiro atoms. The van der Waals surface area contributed by atoms with Gasteiger partial charge in [0.1, 0.15) is 11.6 Å². The molecule has 0 fully saturated rings. The lowest BCUT2D eigenvalue weighted by Crippen LogP contribution is -2.36. The predicted molar refractivity (Wildman–Crippen MR) is 83.6 cm³/mol. The minimum Gasteiger partial charge on any atom is -0.357 e. The van der Waals surface area contributed by atoms with E-state index in [9.17, 15) is 4.39 Å². The Morgan fingerprint density at radius 3 is 2.60 bits per heavy atom. The summed E-state index contributed by atoms with van der Waals surface area (Å²) in [5, 5.41) is 3.40. The second-order valence-corrected chi connectivity index (χ2v) is 6.49. The first-order chi connectivity index (χ1) is 9.24. The van der Waals surface area contributed by atoms with Crippen LogP contribution in [0.1, 0.15) is 53.0 Å². The standard InChI is InChI=1S/C16H28FN3/c1-7-8-12(2)20(6)15-13(9-14(17)11-18-15)10-19-16(3,4)5/h9,11-12,19H,7-8,10H2,1-6H3. The molecule has 0 amide bonds. The van der Waals surface area contributed by atoms with Crippen LogP contribution < -0.4 is 10.2 Å². The second kappa shape index (κ2) is 7.02. The van der Waals surface area contributed by atoms with Gasteiger partial charge in [-0.2, -0.15) is 0 Å². The van der Waals surface area contributed by atoms with Gasteiger partial charge in [-0.05, 0) is 40.2 Å². The molecule has 0 aliphatic heterocycles. The molecule has 0 aromatic carbocycles. The van der Waals surface area contributed by atoms with Gasteiger partial charge in [0, 0.05) is 30.7 Å². The average Bonchev–Trinajstić information content (AvgIpc) is 2.35. The van der Waals surface area contributed by atoms with Crippen molar-refractivity contribution in [2.75, 3.05) is 11.9 Å². The molecule has 4 heteroatoms. The molecule has 1 atom stereocenters. The van der Waals surface area contributed by atoms with Crippen molar-refractivity contribution in [3.8, 4) is 0 Å². The Morgan fingerprint density at radius 2 is 2.05 bits per heavy atom. The van der Waals surface area contributed by atoms with Crippen LogP contribution in [-0.4, -0.2) is 23.6 Å². The highest BCUT2D eigenvalue weighted by molar-refractivity contribution is 5.47. The molecule has 3 nitrogen and oxygen atoms in total. The summed E-state index contributed by atoms with van der Waals surface area (Å²) in [7, 11) is 2.03. The summed E-state index contributed by atoms with van der Waals surface area (Å²) in [5.74, 6) is 0.583. The number of hydrogen-bond donors (Lipinski definition) is 1. The van der Waals surface area contributed by atoms with Gasteiger partial charge >= 0.3 is 0 Å². The molecule has 1 aromatic heterocycles. The van der Waals surface area contributed by atoms with E-state index in [4.69, 9.17) is 0 Å². The van der Waals surface area contributed by atoms with E-state index in [0.29, 0.717) is 12.6 Å². The number of halogens is 1. The summed E-state index contributed by atoms with van der Waals surface area (Å²) in [5.41, 5.74) is 0.905. The Bertz CT molecular complexity index is 426. The third kappa shape index (κ3) is 5.08. The van der Waals surface area contributed by atoms with Gasteiger partial charge < -0.3 is 10.2 Å². The SMILES string of the molecule is CCCC(C)N(C)c1ncc(F)cc1CNC(C)(C)C. The first-order valence-electron chi connectivity index (χ1n) is 7.37. The Labute approximate surface area is 122 Å². The van der Waals surface area contributed by atoms with Crippen LogP contribution in [-0.2, 0) is 6.54 Å². The fraction of sp³-hybridized carbons (Fsp3) is 0.688. The molecule has 0 bridgehead atoms. The van der Waals surface area contributed by atoms with Crippen LogP contribution in [0.15, 0.2) is 12.3 Å². The van der Waals surface area contributed by atoms with Gasteiger partial charge in [0.25, 0.3) is 0 Å². The van der Waals surface area contributed by atoms with E-state index >= 15 is 0 Å². The van der Waals surface area contributed by atoms with Crippen LogP contribution in [0.3, 0.4) is 0 Å². The van der Waals surface area contributed by atoms with E-state index in [0.717, 1.165) is 24.2 Å². The molecule has 1 N–H and O–H groups in total. The summed E-state index contributed by atoms with van der Waals surface area (Å²) < 4.78 is 13.5. The number of nitrogens with one attached hydrogen (secondary N) is 1. The smallest absolute Gasteiger partial charge is 0.141 e. The second-order valence-electron chi connectivity index (χ2n) is 6.49. The maximum Gasteiger partial charge on any atom is 0.141 e. The molecule has 1 unspecified atom stereocenters. The highest BCUT2D eigenvalue weighted by Gasteiger charge is 2.17. The van der Waals surface area contributed by atoms with Crippen molar-refractivity contribution < 1.29 is 4.39 Å². The zero-order valence-corrected chi connectivity index (χ0v) is 13.6. The number of aromatic nitrogens is 1. The summed E-state index contributed by atoms with van der Waals surface area (Å²) in [6.45, 7) is 11.3. The molecule has 20 heavy (non-hydrogen) atoms. The third-order valence-electron chi connectivity index (χ3n) is 3.42. The van der Waals surface area contributed by atoms with Crippen molar-refractivity contribution in [3.05, 3.63) is 23.6 Å². The number of nitrogens with zero attached hydrogens (tertiary/aromatic N) is 2. The van der Waals surface area contributed by atoms with E-state index in [2.05, 4.69) is 49.8 Å². The Hall–Kier alpha value is -1.16. The lowest BCUT2D eigenvalue weighted by molar-refractivity contribution is 0.423. The lowest BCUT2D eigenvalue weighted by atomic mass is 10.1. The van der Waals surface area contributed by atoms with Crippen molar-refractivity contribution in [3.63, 3.8) is 0 Å². The summed E-state index contributed by atoms with van der Waals surface area (Å²) in [4.78, 5) is 6.43. The molecular weight excluding hydrogens is 253 g/mol. The van der Waals surface area contributed by atoms with E-state index in [1.807, 2.05) is 7.05 Å². The molecule has 1 rings (SSSR count). The van der Waals surface area contributed by atoms with Crippen LogP contribution in [0.2, 0.25) is 0 Å². The van der Waals surface area contributed by atoms with Crippen LogP contribution >= 0.6 is 0 Å². The number of hydrogen-bond acceptors (Lipinski definition) is 3. The van der Waals surface area contributed by atoms with E-state index < -0.39 is 0 Å². The Kier molecular flexibility index (Phi) is 5.93. The van der Waals surface area contributed by atoms with Gasteiger partial charge in [0.05, 0.1) is 6.20 Å². The molecule has 0 aliphatic carbocycles. The minimum absolute atomic E-state index is 0.00278. The van der Waals surface area contributed by atoms with Crippen LogP contribution in [0.25, 0.3) is 0 Å². The number of rotatable bonds is 6. The van der Waals surface area contributed by atoms with Crippen molar-refractivity contribution in [1.29, 1.82) is 0 Å². The topological polar surface area (TPSA) is 28.2 Å². The molecule has 1 aromatic rings. The number of pyridine rings is 1. The fourth-order valence-electron chi connectivity index (χ4n) is 2.10. The summed E-state index contributed by atoms with van der Waals surface area (Å²) >= 11 is 0. The van der Waals surface area contributed by atoms with Gasteiger partial charge in [-0.1, -0.05) is 13.3 Å². The monoisotopic (exact) mass is 281 g/mol. The van der Waals surface area contributed by atoms with E-state index in [1.54, 1.807) is 6.07 Å². The fourth-order valence-corrected chi connectivity index (χ4v) is 2.10. The average molecular weight is 281 g/mol. The maximum absolute atomic E-state index is 13.5. The zero-order valence-electron chi connectivity index (χ0n) is 13.6. The maximum atomic E-state index is 13.5. The minimum atomic E-state index is -0.281. The normalized spacial score (nSPS) is 13.3. The van der Waals surface area contributed by atoms with Gasteiger partial charge in [0.15, 0.2) is 0 Å². The molecule has 0 saturated carbocycles. The lowest BCUT2D eigenvalue weighted by Gasteiger charge is -2.29.